The van der Waals surface area contributed by atoms with Crippen LogP contribution in [0.3, 0.4) is 0 Å². The Bertz CT molecular complexity index is 937. The zero-order valence-electron chi connectivity index (χ0n) is 14.6. The number of rotatable bonds is 6. The lowest BCUT2D eigenvalue weighted by Gasteiger charge is -2.13. The number of aromatic nitrogens is 1. The van der Waals surface area contributed by atoms with Crippen molar-refractivity contribution >= 4 is 32.8 Å². The molecule has 6 nitrogen and oxygen atoms in total. The van der Waals surface area contributed by atoms with Gasteiger partial charge in [-0.2, -0.15) is 13.2 Å². The Kier molecular flexibility index (Phi) is 6.15. The molecule has 1 amide bonds. The smallest absolute Gasteiger partial charge is 0.495 e. The van der Waals surface area contributed by atoms with Crippen molar-refractivity contribution in [2.24, 2.45) is 0 Å². The Hall–Kier alpha value is -2.14. The second-order valence-electron chi connectivity index (χ2n) is 5.87. The molecule has 1 heterocycles. The maximum Gasteiger partial charge on any atom is 0.501 e. The fourth-order valence-electron chi connectivity index (χ4n) is 2.11. The quantitative estimate of drug-likeness (QED) is 0.766. The molecule has 0 radical (unpaired) electrons. The lowest BCUT2D eigenvalue weighted by Crippen LogP contribution is -2.23. The van der Waals surface area contributed by atoms with E-state index in [4.69, 9.17) is 4.74 Å². The molecule has 0 fully saturated rings. The number of carbonyl (C=O) groups excluding carboxylic acids is 1. The molecule has 2 aromatic rings. The number of anilines is 1. The first-order chi connectivity index (χ1) is 12.5. The van der Waals surface area contributed by atoms with Crippen molar-refractivity contribution in [3.05, 3.63) is 34.3 Å². The number of sulfone groups is 1. The van der Waals surface area contributed by atoms with Crippen molar-refractivity contribution in [1.82, 2.24) is 4.98 Å². The Labute approximate surface area is 158 Å². The maximum absolute atomic E-state index is 12.7. The number of halogens is 3. The van der Waals surface area contributed by atoms with Gasteiger partial charge in [0.1, 0.15) is 5.75 Å². The van der Waals surface area contributed by atoms with E-state index < -0.39 is 26.1 Å². The van der Waals surface area contributed by atoms with E-state index in [1.807, 2.05) is 13.8 Å². The third kappa shape index (κ3) is 4.78. The normalized spacial score (nSPS) is 12.3. The summed E-state index contributed by atoms with van der Waals surface area (Å²) < 4.78 is 66.3. The molecule has 0 saturated carbocycles. The van der Waals surface area contributed by atoms with E-state index in [9.17, 15) is 26.4 Å². The minimum absolute atomic E-state index is 0.0330. The Morgan fingerprint density at radius 3 is 2.52 bits per heavy atom. The van der Waals surface area contributed by atoms with Gasteiger partial charge in [0.25, 0.3) is 9.84 Å². The molecule has 11 heteroatoms. The van der Waals surface area contributed by atoms with Crippen molar-refractivity contribution in [3.8, 4) is 5.75 Å². The molecule has 0 aliphatic rings. The van der Waals surface area contributed by atoms with Crippen molar-refractivity contribution in [2.45, 2.75) is 36.6 Å². The number of benzene rings is 1. The summed E-state index contributed by atoms with van der Waals surface area (Å²) in [5.74, 6) is -0.322. The molecule has 27 heavy (non-hydrogen) atoms. The van der Waals surface area contributed by atoms with Gasteiger partial charge in [0.15, 0.2) is 0 Å². The average Bonchev–Trinajstić information content (AvgIpc) is 3.02. The Morgan fingerprint density at radius 2 is 2.00 bits per heavy atom. The molecule has 0 saturated heterocycles. The summed E-state index contributed by atoms with van der Waals surface area (Å²) in [6.45, 7) is 3.92. The van der Waals surface area contributed by atoms with Gasteiger partial charge < -0.3 is 10.1 Å². The van der Waals surface area contributed by atoms with E-state index in [-0.39, 0.29) is 23.8 Å². The van der Waals surface area contributed by atoms with Crippen LogP contribution in [0, 0.1) is 0 Å². The highest BCUT2D eigenvalue weighted by Gasteiger charge is 2.47. The summed E-state index contributed by atoms with van der Waals surface area (Å²) in [6.07, 6.45) is -0.109. The minimum Gasteiger partial charge on any atom is -0.495 e. The van der Waals surface area contributed by atoms with Gasteiger partial charge >= 0.3 is 5.51 Å². The molecule has 148 valence electrons. The van der Waals surface area contributed by atoms with Gasteiger partial charge in [-0.3, -0.25) is 4.79 Å². The summed E-state index contributed by atoms with van der Waals surface area (Å²) in [4.78, 5) is 15.5. The number of nitrogens with zero attached hydrogens (tertiary/aromatic N) is 1. The maximum atomic E-state index is 12.7. The Balaban J connectivity index is 2.26. The molecule has 0 atom stereocenters. The largest absolute Gasteiger partial charge is 0.501 e. The standard InChI is InChI=1S/C16H17F3N2O4S2/c1-9(2)15-20-10(8-26-15)6-14(22)21-12-7-11(4-5-13(12)25-3)27(23,24)16(17,18)19/h4-5,7-9H,6H2,1-3H3,(H,21,22). The zero-order chi connectivity index (χ0) is 20.4. The first kappa shape index (κ1) is 21.2. The molecular formula is C16H17F3N2O4S2. The SMILES string of the molecule is COc1ccc(S(=O)(=O)C(F)(F)F)cc1NC(=O)Cc1csc(C(C)C)n1. The molecular weight excluding hydrogens is 405 g/mol. The van der Waals surface area contributed by atoms with Gasteiger partial charge in [-0.05, 0) is 18.2 Å². The number of methoxy groups -OCH3 is 1. The first-order valence-corrected chi connectivity index (χ1v) is 10.1. The average molecular weight is 422 g/mol. The number of alkyl halides is 3. The fourth-order valence-corrected chi connectivity index (χ4v) is 3.74. The van der Waals surface area contributed by atoms with Gasteiger partial charge in [-0.1, -0.05) is 13.8 Å². The van der Waals surface area contributed by atoms with Crippen LogP contribution in [0.2, 0.25) is 0 Å². The number of thiazole rings is 1. The van der Waals surface area contributed by atoms with Gasteiger partial charge in [-0.15, -0.1) is 11.3 Å². The van der Waals surface area contributed by atoms with E-state index in [2.05, 4.69) is 10.3 Å². The summed E-state index contributed by atoms with van der Waals surface area (Å²) in [5.41, 5.74) is -5.11. The lowest BCUT2D eigenvalue weighted by molar-refractivity contribution is -0.115. The van der Waals surface area contributed by atoms with Crippen LogP contribution in [0.25, 0.3) is 0 Å². The first-order valence-electron chi connectivity index (χ1n) is 7.69. The van der Waals surface area contributed by atoms with Crippen molar-refractivity contribution in [2.75, 3.05) is 12.4 Å². The lowest BCUT2D eigenvalue weighted by atomic mass is 10.2. The van der Waals surface area contributed by atoms with E-state index in [1.165, 1.54) is 18.4 Å². The second kappa shape index (κ2) is 7.85. The van der Waals surface area contributed by atoms with Crippen LogP contribution in [-0.4, -0.2) is 31.9 Å². The third-order valence-corrected chi connectivity index (χ3v) is 6.14. The molecule has 2 rings (SSSR count). The van der Waals surface area contributed by atoms with Crippen LogP contribution in [0.15, 0.2) is 28.5 Å². The number of ether oxygens (including phenoxy) is 1. The summed E-state index contributed by atoms with van der Waals surface area (Å²) in [6, 6.07) is 2.54. The molecule has 1 aromatic carbocycles. The van der Waals surface area contributed by atoms with Crippen LogP contribution >= 0.6 is 11.3 Å². The molecule has 1 aromatic heterocycles. The zero-order valence-corrected chi connectivity index (χ0v) is 16.3. The van der Waals surface area contributed by atoms with E-state index >= 15 is 0 Å². The van der Waals surface area contributed by atoms with Crippen LogP contribution in [-0.2, 0) is 21.1 Å². The monoisotopic (exact) mass is 422 g/mol. The number of amides is 1. The van der Waals surface area contributed by atoms with Gasteiger partial charge in [0, 0.05) is 11.3 Å². The van der Waals surface area contributed by atoms with Crippen molar-refractivity contribution in [3.63, 3.8) is 0 Å². The van der Waals surface area contributed by atoms with Crippen LogP contribution in [0.5, 0.6) is 5.75 Å². The predicted octanol–water partition coefficient (Wildman–Crippen LogP) is 3.75. The Morgan fingerprint density at radius 1 is 1.33 bits per heavy atom. The second-order valence-corrected chi connectivity index (χ2v) is 8.70. The van der Waals surface area contributed by atoms with Crippen LogP contribution in [0.4, 0.5) is 18.9 Å². The highest BCUT2D eigenvalue weighted by atomic mass is 32.2. The number of carbonyl (C=O) groups is 1. The summed E-state index contributed by atoms with van der Waals surface area (Å²) >= 11 is 1.40. The number of hydrogen-bond donors (Lipinski definition) is 1. The van der Waals surface area contributed by atoms with Gasteiger partial charge in [0.2, 0.25) is 5.91 Å². The fraction of sp³-hybridized carbons (Fsp3) is 0.375. The van der Waals surface area contributed by atoms with E-state index in [1.54, 1.807) is 5.38 Å². The van der Waals surface area contributed by atoms with E-state index in [0.29, 0.717) is 5.69 Å². The van der Waals surface area contributed by atoms with Crippen LogP contribution < -0.4 is 10.1 Å². The van der Waals surface area contributed by atoms with Gasteiger partial charge in [-0.25, -0.2) is 13.4 Å². The van der Waals surface area contributed by atoms with Crippen molar-refractivity contribution in [1.29, 1.82) is 0 Å². The molecule has 1 N–H and O–H groups in total. The van der Waals surface area contributed by atoms with Crippen molar-refractivity contribution < 1.29 is 31.1 Å². The molecule has 0 bridgehead atoms. The van der Waals surface area contributed by atoms with Gasteiger partial charge in [0.05, 0.1) is 34.8 Å². The van der Waals surface area contributed by atoms with E-state index in [0.717, 1.165) is 23.2 Å². The third-order valence-electron chi connectivity index (χ3n) is 3.47. The molecule has 0 spiro atoms. The molecule has 0 aliphatic carbocycles. The highest BCUT2D eigenvalue weighted by molar-refractivity contribution is 7.92. The van der Waals surface area contributed by atoms with Crippen LogP contribution in [0.1, 0.15) is 30.5 Å². The predicted molar refractivity (Wildman–Crippen MR) is 94.8 cm³/mol. The number of hydrogen-bond acceptors (Lipinski definition) is 6. The number of nitrogens with one attached hydrogen (secondary N) is 1. The molecule has 0 aliphatic heterocycles. The summed E-state index contributed by atoms with van der Waals surface area (Å²) in [5, 5.41) is 4.96. The molecule has 0 unspecified atom stereocenters. The highest BCUT2D eigenvalue weighted by Crippen LogP contribution is 2.34. The minimum atomic E-state index is -5.54. The summed E-state index contributed by atoms with van der Waals surface area (Å²) in [7, 11) is -4.29. The topological polar surface area (TPSA) is 85.4 Å².